The van der Waals surface area contributed by atoms with Crippen LogP contribution in [0.15, 0.2) is 30.3 Å². The van der Waals surface area contributed by atoms with E-state index in [1.54, 1.807) is 24.3 Å². The first-order valence-corrected chi connectivity index (χ1v) is 12.1. The summed E-state index contributed by atoms with van der Waals surface area (Å²) in [4.78, 5) is 25.1. The third kappa shape index (κ3) is 4.32. The molecule has 2 aliphatic rings. The Kier molecular flexibility index (Phi) is 6.03. The van der Waals surface area contributed by atoms with Gasteiger partial charge in [0.15, 0.2) is 0 Å². The fraction of sp³-hybridized carbons (Fsp3) is 0.462. The largest absolute Gasteiger partial charge is 0.496 e. The number of thioether (sulfide) groups is 1. The summed E-state index contributed by atoms with van der Waals surface area (Å²) < 4.78 is 48.4. The number of methoxy groups -OCH3 is 1. The van der Waals surface area contributed by atoms with Gasteiger partial charge in [-0.2, -0.15) is 13.2 Å². The zero-order valence-corrected chi connectivity index (χ0v) is 20.7. The molecule has 1 heterocycles. The number of carbonyl (C=O) groups excluding carboxylic acids is 2. The molecule has 8 heteroatoms. The molecule has 0 saturated carbocycles. The lowest BCUT2D eigenvalue weighted by Crippen LogP contribution is -2.34. The summed E-state index contributed by atoms with van der Waals surface area (Å²) in [7, 11) is 1.41. The molecule has 0 aromatic heterocycles. The van der Waals surface area contributed by atoms with Crippen LogP contribution in [-0.2, 0) is 28.3 Å². The van der Waals surface area contributed by atoms with Gasteiger partial charge in [0.2, 0.25) is 5.91 Å². The van der Waals surface area contributed by atoms with Gasteiger partial charge in [-0.25, -0.2) is 0 Å². The Balaban J connectivity index is 1.86. The van der Waals surface area contributed by atoms with Crippen LogP contribution in [-0.4, -0.2) is 28.9 Å². The van der Waals surface area contributed by atoms with Crippen molar-refractivity contribution in [3.05, 3.63) is 52.6 Å². The molecule has 0 atom stereocenters. The number of alkyl halides is 3. The minimum absolute atomic E-state index is 0.0544. The third-order valence-electron chi connectivity index (χ3n) is 7.03. The first kappa shape index (κ1) is 24.6. The van der Waals surface area contributed by atoms with Gasteiger partial charge in [0.1, 0.15) is 5.75 Å². The van der Waals surface area contributed by atoms with Gasteiger partial charge in [0.25, 0.3) is 5.24 Å². The molecule has 4 rings (SSSR count). The molecule has 0 radical (unpaired) electrons. The van der Waals surface area contributed by atoms with E-state index in [0.29, 0.717) is 11.1 Å². The van der Waals surface area contributed by atoms with E-state index in [-0.39, 0.29) is 45.6 Å². The van der Waals surface area contributed by atoms with Crippen molar-refractivity contribution < 1.29 is 27.5 Å². The average Bonchev–Trinajstić information content (AvgIpc) is 3.07. The number of hydrogen-bond donors (Lipinski definition) is 0. The minimum Gasteiger partial charge on any atom is -0.496 e. The number of hydrogen-bond acceptors (Lipinski definition) is 4. The van der Waals surface area contributed by atoms with Gasteiger partial charge in [-0.3, -0.25) is 14.5 Å². The lowest BCUT2D eigenvalue weighted by Gasteiger charge is -2.42. The third-order valence-corrected chi connectivity index (χ3v) is 7.89. The molecular weight excluding hydrogens is 463 g/mol. The van der Waals surface area contributed by atoms with E-state index in [0.717, 1.165) is 40.6 Å². The van der Waals surface area contributed by atoms with Crippen molar-refractivity contribution in [3.63, 3.8) is 0 Å². The summed E-state index contributed by atoms with van der Waals surface area (Å²) in [5.41, 5.74) is 1.36. The number of fused-ring (bicyclic) bond motifs is 1. The van der Waals surface area contributed by atoms with Crippen molar-refractivity contribution in [1.82, 2.24) is 4.90 Å². The van der Waals surface area contributed by atoms with Gasteiger partial charge < -0.3 is 4.74 Å². The second-order valence-electron chi connectivity index (χ2n) is 10.3. The van der Waals surface area contributed by atoms with E-state index in [4.69, 9.17) is 4.74 Å². The van der Waals surface area contributed by atoms with Crippen LogP contribution in [0.25, 0.3) is 11.1 Å². The molecule has 0 spiro atoms. The fourth-order valence-electron chi connectivity index (χ4n) is 4.84. The van der Waals surface area contributed by atoms with Crippen LogP contribution in [0.5, 0.6) is 5.75 Å². The van der Waals surface area contributed by atoms with E-state index in [1.807, 2.05) is 13.8 Å². The number of carbonyl (C=O) groups is 2. The van der Waals surface area contributed by atoms with Crippen LogP contribution in [0, 0.1) is 0 Å². The molecular formula is C26H28F3NO3S. The summed E-state index contributed by atoms with van der Waals surface area (Å²) in [5, 5.41) is -0.327. The predicted molar refractivity (Wildman–Crippen MR) is 127 cm³/mol. The molecule has 1 aliphatic carbocycles. The van der Waals surface area contributed by atoms with Crippen LogP contribution < -0.4 is 4.74 Å². The van der Waals surface area contributed by atoms with Gasteiger partial charge in [-0.1, -0.05) is 51.6 Å². The summed E-state index contributed by atoms with van der Waals surface area (Å²) >= 11 is 0.941. The Hall–Kier alpha value is -2.48. The van der Waals surface area contributed by atoms with Gasteiger partial charge >= 0.3 is 6.18 Å². The lowest BCUT2D eigenvalue weighted by molar-refractivity contribution is -0.137. The fourth-order valence-corrected chi connectivity index (χ4v) is 5.57. The molecule has 34 heavy (non-hydrogen) atoms. The van der Waals surface area contributed by atoms with Crippen molar-refractivity contribution in [2.75, 3.05) is 12.9 Å². The van der Waals surface area contributed by atoms with E-state index >= 15 is 0 Å². The van der Waals surface area contributed by atoms with Crippen molar-refractivity contribution in [3.8, 4) is 16.9 Å². The molecule has 0 N–H and O–H groups in total. The molecule has 182 valence electrons. The van der Waals surface area contributed by atoms with Crippen LogP contribution >= 0.6 is 11.8 Å². The van der Waals surface area contributed by atoms with Gasteiger partial charge in [0, 0.05) is 5.56 Å². The standard InChI is InChI=1S/C26H28F3NO3S/c1-24(2)8-9-25(3,4)20-12-18(26(27,28)29)17(11-19(20)24)16-7-6-15(10-21(16)33-5)13-30-22(31)14-34-23(30)32/h6-7,10-12H,8-9,13-14H2,1-5H3. The molecule has 2 aromatic carbocycles. The van der Waals surface area contributed by atoms with Crippen LogP contribution in [0.3, 0.4) is 0 Å². The van der Waals surface area contributed by atoms with Crippen LogP contribution in [0.1, 0.15) is 62.8 Å². The molecule has 4 nitrogen and oxygen atoms in total. The van der Waals surface area contributed by atoms with Gasteiger partial charge in [0.05, 0.1) is 25.0 Å². The van der Waals surface area contributed by atoms with E-state index < -0.39 is 11.7 Å². The molecule has 2 amide bonds. The van der Waals surface area contributed by atoms with Crippen LogP contribution in [0.2, 0.25) is 0 Å². The zero-order valence-electron chi connectivity index (χ0n) is 19.9. The van der Waals surface area contributed by atoms with E-state index in [1.165, 1.54) is 13.2 Å². The molecule has 0 unspecified atom stereocenters. The van der Waals surface area contributed by atoms with Crippen molar-refractivity contribution in [2.45, 2.75) is 64.1 Å². The van der Waals surface area contributed by atoms with E-state index in [9.17, 15) is 22.8 Å². The molecule has 1 aliphatic heterocycles. The SMILES string of the molecule is COc1cc(CN2C(=O)CSC2=O)ccc1-c1cc2c(cc1C(F)(F)F)C(C)(C)CCC2(C)C. The summed E-state index contributed by atoms with van der Waals surface area (Å²) in [6.07, 6.45) is -2.85. The highest BCUT2D eigenvalue weighted by Gasteiger charge is 2.42. The number of nitrogens with zero attached hydrogens (tertiary/aromatic N) is 1. The normalized spacial score (nSPS) is 19.4. The smallest absolute Gasteiger partial charge is 0.417 e. The minimum atomic E-state index is -4.54. The Morgan fingerprint density at radius 1 is 0.971 bits per heavy atom. The maximum Gasteiger partial charge on any atom is 0.417 e. The Labute approximate surface area is 201 Å². The summed E-state index contributed by atoms with van der Waals surface area (Å²) in [6.45, 7) is 8.19. The maximum absolute atomic E-state index is 14.3. The Bertz CT molecular complexity index is 1150. The molecule has 1 saturated heterocycles. The summed E-state index contributed by atoms with van der Waals surface area (Å²) in [6, 6.07) is 7.84. The number of halogens is 3. The Morgan fingerprint density at radius 3 is 2.12 bits per heavy atom. The second-order valence-corrected chi connectivity index (χ2v) is 11.2. The molecule has 2 aromatic rings. The first-order valence-electron chi connectivity index (χ1n) is 11.2. The number of imide groups is 1. The number of ether oxygens (including phenoxy) is 1. The Morgan fingerprint density at radius 2 is 1.59 bits per heavy atom. The molecule has 1 fully saturated rings. The number of amides is 2. The number of rotatable bonds is 4. The zero-order chi connectivity index (χ0) is 25.1. The highest BCUT2D eigenvalue weighted by atomic mass is 32.2. The second kappa shape index (κ2) is 8.33. The maximum atomic E-state index is 14.3. The number of benzene rings is 2. The lowest BCUT2D eigenvalue weighted by atomic mass is 9.62. The molecule has 0 bridgehead atoms. The van der Waals surface area contributed by atoms with Crippen molar-refractivity contribution in [2.24, 2.45) is 0 Å². The predicted octanol–water partition coefficient (Wildman–Crippen LogP) is 6.93. The van der Waals surface area contributed by atoms with Gasteiger partial charge in [-0.15, -0.1) is 0 Å². The van der Waals surface area contributed by atoms with E-state index in [2.05, 4.69) is 13.8 Å². The first-order chi connectivity index (χ1) is 15.7. The highest BCUT2D eigenvalue weighted by Crippen LogP contribution is 2.51. The van der Waals surface area contributed by atoms with Gasteiger partial charge in [-0.05, 0) is 64.1 Å². The van der Waals surface area contributed by atoms with Crippen molar-refractivity contribution in [1.29, 1.82) is 0 Å². The monoisotopic (exact) mass is 491 g/mol. The average molecular weight is 492 g/mol. The van der Waals surface area contributed by atoms with Crippen molar-refractivity contribution >= 4 is 22.9 Å². The highest BCUT2D eigenvalue weighted by molar-refractivity contribution is 8.14. The quantitative estimate of drug-likeness (QED) is 0.466. The van der Waals surface area contributed by atoms with Crippen LogP contribution in [0.4, 0.5) is 18.0 Å². The summed E-state index contributed by atoms with van der Waals surface area (Å²) in [5.74, 6) is 0.0871. The topological polar surface area (TPSA) is 46.6 Å².